The number of nitrogens with zero attached hydrogens (tertiary/aromatic N) is 1. The summed E-state index contributed by atoms with van der Waals surface area (Å²) in [5.41, 5.74) is 7.48. The van der Waals surface area contributed by atoms with Crippen LogP contribution in [0.1, 0.15) is 5.56 Å². The molecule has 2 N–H and O–H groups in total. The zero-order valence-corrected chi connectivity index (χ0v) is 11.0. The highest BCUT2D eigenvalue weighted by Gasteiger charge is 2.10. The van der Waals surface area contributed by atoms with E-state index in [9.17, 15) is 9.00 Å². The van der Waals surface area contributed by atoms with Crippen LogP contribution in [0, 0.1) is 0 Å². The zero-order chi connectivity index (χ0) is 12.8. The van der Waals surface area contributed by atoms with E-state index in [2.05, 4.69) is 0 Å². The first-order valence-electron chi connectivity index (χ1n) is 5.39. The summed E-state index contributed by atoms with van der Waals surface area (Å²) in [7, 11) is 2.20. The normalized spacial score (nSPS) is 12.1. The molecule has 4 nitrogen and oxygen atoms in total. The van der Waals surface area contributed by atoms with E-state index in [0.29, 0.717) is 17.9 Å². The Balaban J connectivity index is 2.44. The Morgan fingerprint density at radius 2 is 2.00 bits per heavy atom. The summed E-state index contributed by atoms with van der Waals surface area (Å²) in [4.78, 5) is 12.8. The topological polar surface area (TPSA) is 63.4 Å². The minimum absolute atomic E-state index is 0.0831. The Kier molecular flexibility index (Phi) is 5.15. The number of nitrogens with two attached hydrogens (primary N) is 1. The molecule has 94 valence electrons. The van der Waals surface area contributed by atoms with Crippen molar-refractivity contribution in [1.29, 1.82) is 0 Å². The second-order valence-electron chi connectivity index (χ2n) is 4.03. The number of para-hydroxylation sites is 1. The van der Waals surface area contributed by atoms with Crippen molar-refractivity contribution in [2.24, 2.45) is 0 Å². The fourth-order valence-corrected chi connectivity index (χ4v) is 2.45. The van der Waals surface area contributed by atoms with Crippen LogP contribution in [0.2, 0.25) is 0 Å². The Morgan fingerprint density at radius 3 is 2.59 bits per heavy atom. The predicted octanol–water partition coefficient (Wildman–Crippen LogP) is 0.648. The number of amides is 1. The number of aryl methyl sites for hydroxylation is 1. The minimum Gasteiger partial charge on any atom is -0.399 e. The summed E-state index contributed by atoms with van der Waals surface area (Å²) in [5, 5.41) is 0. The van der Waals surface area contributed by atoms with Crippen molar-refractivity contribution in [2.75, 3.05) is 31.3 Å². The summed E-state index contributed by atoms with van der Waals surface area (Å²) in [6, 6.07) is 7.51. The van der Waals surface area contributed by atoms with Crippen molar-refractivity contribution in [3.8, 4) is 0 Å². The number of carbonyl (C=O) groups excluding carboxylic acids is 1. The van der Waals surface area contributed by atoms with Gasteiger partial charge in [-0.1, -0.05) is 18.2 Å². The molecule has 17 heavy (non-hydrogen) atoms. The standard InChI is InChI=1S/C12H18N2O2S/c1-14(2)12(15)9-17(16)8-7-10-5-3-4-6-11(10)13/h3-6H,7-9,13H2,1-2H3. The molecule has 0 saturated heterocycles. The first kappa shape index (κ1) is 13.7. The number of anilines is 1. The molecule has 0 aromatic heterocycles. The van der Waals surface area contributed by atoms with E-state index in [1.165, 1.54) is 4.90 Å². The Labute approximate surface area is 104 Å². The van der Waals surface area contributed by atoms with E-state index in [-0.39, 0.29) is 11.7 Å². The third kappa shape index (κ3) is 4.56. The molecule has 0 aliphatic rings. The van der Waals surface area contributed by atoms with Gasteiger partial charge >= 0.3 is 0 Å². The van der Waals surface area contributed by atoms with Crippen LogP contribution in [-0.2, 0) is 22.0 Å². The van der Waals surface area contributed by atoms with Crippen LogP contribution in [0.15, 0.2) is 24.3 Å². The number of carbonyl (C=O) groups is 1. The molecule has 5 heteroatoms. The zero-order valence-electron chi connectivity index (χ0n) is 10.2. The predicted molar refractivity (Wildman–Crippen MR) is 71.1 cm³/mol. The average molecular weight is 254 g/mol. The third-order valence-electron chi connectivity index (χ3n) is 2.44. The third-order valence-corrected chi connectivity index (χ3v) is 3.67. The highest BCUT2D eigenvalue weighted by Crippen LogP contribution is 2.11. The molecule has 0 aliphatic carbocycles. The average Bonchev–Trinajstić information content (AvgIpc) is 2.27. The maximum absolute atomic E-state index is 11.7. The molecular formula is C12H18N2O2S. The number of rotatable bonds is 5. The highest BCUT2D eigenvalue weighted by atomic mass is 32.2. The lowest BCUT2D eigenvalue weighted by Gasteiger charge is -2.10. The largest absolute Gasteiger partial charge is 0.399 e. The van der Waals surface area contributed by atoms with Crippen molar-refractivity contribution in [1.82, 2.24) is 4.90 Å². The summed E-state index contributed by atoms with van der Waals surface area (Å²) >= 11 is 0. The number of nitrogen functional groups attached to an aromatic ring is 1. The van der Waals surface area contributed by atoms with Gasteiger partial charge in [0.1, 0.15) is 5.75 Å². The molecule has 0 radical (unpaired) electrons. The molecular weight excluding hydrogens is 236 g/mol. The quantitative estimate of drug-likeness (QED) is 0.785. The van der Waals surface area contributed by atoms with Gasteiger partial charge in [-0.2, -0.15) is 0 Å². The van der Waals surface area contributed by atoms with E-state index >= 15 is 0 Å². The lowest BCUT2D eigenvalue weighted by atomic mass is 10.1. The van der Waals surface area contributed by atoms with Gasteiger partial charge in [0.15, 0.2) is 0 Å². The molecule has 1 amide bonds. The maximum atomic E-state index is 11.7. The van der Waals surface area contributed by atoms with E-state index in [1.807, 2.05) is 24.3 Å². The molecule has 0 saturated carbocycles. The molecule has 1 aromatic carbocycles. The van der Waals surface area contributed by atoms with E-state index in [0.717, 1.165) is 5.56 Å². The van der Waals surface area contributed by atoms with Crippen LogP contribution in [-0.4, -0.2) is 40.6 Å². The van der Waals surface area contributed by atoms with E-state index in [4.69, 9.17) is 5.73 Å². The van der Waals surface area contributed by atoms with Gasteiger partial charge < -0.3 is 10.6 Å². The van der Waals surface area contributed by atoms with Crippen LogP contribution < -0.4 is 5.73 Å². The number of hydrogen-bond acceptors (Lipinski definition) is 3. The monoisotopic (exact) mass is 254 g/mol. The lowest BCUT2D eigenvalue weighted by molar-refractivity contribution is -0.125. The first-order chi connectivity index (χ1) is 8.00. The number of hydrogen-bond donors (Lipinski definition) is 1. The van der Waals surface area contributed by atoms with Gasteiger partial charge in [0.05, 0.1) is 0 Å². The van der Waals surface area contributed by atoms with Gasteiger partial charge in [-0.15, -0.1) is 0 Å². The van der Waals surface area contributed by atoms with Crippen LogP contribution in [0.5, 0.6) is 0 Å². The maximum Gasteiger partial charge on any atom is 0.234 e. The molecule has 0 fully saturated rings. The van der Waals surface area contributed by atoms with Crippen molar-refractivity contribution < 1.29 is 9.00 Å². The van der Waals surface area contributed by atoms with Gasteiger partial charge in [-0.05, 0) is 18.1 Å². The van der Waals surface area contributed by atoms with Crippen LogP contribution in [0.3, 0.4) is 0 Å². The molecule has 0 bridgehead atoms. The molecule has 0 spiro atoms. The minimum atomic E-state index is -1.13. The fraction of sp³-hybridized carbons (Fsp3) is 0.417. The highest BCUT2D eigenvalue weighted by molar-refractivity contribution is 7.85. The molecule has 1 unspecified atom stereocenters. The van der Waals surface area contributed by atoms with Gasteiger partial charge in [-0.3, -0.25) is 9.00 Å². The van der Waals surface area contributed by atoms with Crippen LogP contribution in [0.25, 0.3) is 0 Å². The van der Waals surface area contributed by atoms with E-state index < -0.39 is 10.8 Å². The van der Waals surface area contributed by atoms with Crippen molar-refractivity contribution in [3.05, 3.63) is 29.8 Å². The first-order valence-corrected chi connectivity index (χ1v) is 6.88. The van der Waals surface area contributed by atoms with Crippen LogP contribution >= 0.6 is 0 Å². The van der Waals surface area contributed by atoms with Gasteiger partial charge in [0.25, 0.3) is 0 Å². The summed E-state index contributed by atoms with van der Waals surface area (Å²) in [5.74, 6) is 0.442. The van der Waals surface area contributed by atoms with Crippen LogP contribution in [0.4, 0.5) is 5.69 Å². The van der Waals surface area contributed by atoms with Gasteiger partial charge in [0.2, 0.25) is 5.91 Å². The van der Waals surface area contributed by atoms with Crippen molar-refractivity contribution >= 4 is 22.4 Å². The second kappa shape index (κ2) is 6.39. The van der Waals surface area contributed by atoms with E-state index in [1.54, 1.807) is 14.1 Å². The van der Waals surface area contributed by atoms with Gasteiger partial charge in [0, 0.05) is 36.3 Å². The number of benzene rings is 1. The fourth-order valence-electron chi connectivity index (χ4n) is 1.32. The summed E-state index contributed by atoms with van der Waals surface area (Å²) in [6.45, 7) is 0. The molecule has 1 rings (SSSR count). The summed E-state index contributed by atoms with van der Waals surface area (Å²) < 4.78 is 11.7. The molecule has 0 aliphatic heterocycles. The second-order valence-corrected chi connectivity index (χ2v) is 5.60. The van der Waals surface area contributed by atoms with Crippen molar-refractivity contribution in [3.63, 3.8) is 0 Å². The molecule has 0 heterocycles. The van der Waals surface area contributed by atoms with Crippen molar-refractivity contribution in [2.45, 2.75) is 6.42 Å². The Hall–Kier alpha value is -1.36. The molecule has 1 atom stereocenters. The van der Waals surface area contributed by atoms with Gasteiger partial charge in [-0.25, -0.2) is 0 Å². The Morgan fingerprint density at radius 1 is 1.35 bits per heavy atom. The SMILES string of the molecule is CN(C)C(=O)CS(=O)CCc1ccccc1N. The molecule has 1 aromatic rings. The smallest absolute Gasteiger partial charge is 0.234 e. The summed E-state index contributed by atoms with van der Waals surface area (Å²) in [6.07, 6.45) is 0.639. The lowest BCUT2D eigenvalue weighted by Crippen LogP contribution is -2.28. The Bertz CT molecular complexity index is 419.